The Balaban J connectivity index is 1.97. The first-order valence-corrected chi connectivity index (χ1v) is 6.62. The van der Waals surface area contributed by atoms with Crippen molar-refractivity contribution >= 4 is 0 Å². The Morgan fingerprint density at radius 2 is 1.87 bits per heavy atom. The van der Waals surface area contributed by atoms with Crippen molar-refractivity contribution in [3.05, 3.63) is 0 Å². The van der Waals surface area contributed by atoms with E-state index in [2.05, 4.69) is 27.7 Å². The highest BCUT2D eigenvalue weighted by Gasteiger charge is 2.64. The minimum absolute atomic E-state index is 0.140. The van der Waals surface area contributed by atoms with E-state index in [1.807, 2.05) is 0 Å². The molecule has 0 radical (unpaired) electrons. The van der Waals surface area contributed by atoms with Crippen LogP contribution in [0.4, 0.5) is 0 Å². The third kappa shape index (κ3) is 1.03. The van der Waals surface area contributed by atoms with Crippen LogP contribution >= 0.6 is 0 Å². The fraction of sp³-hybridized carbons (Fsp3) is 1.00. The first-order chi connectivity index (χ1) is 6.98. The van der Waals surface area contributed by atoms with Gasteiger partial charge in [-0.1, -0.05) is 13.8 Å². The van der Waals surface area contributed by atoms with E-state index >= 15 is 0 Å². The highest BCUT2D eigenvalue weighted by atomic mass is 16.5. The van der Waals surface area contributed by atoms with E-state index < -0.39 is 0 Å². The highest BCUT2D eigenvalue weighted by molar-refractivity contribution is 5.13. The van der Waals surface area contributed by atoms with Crippen LogP contribution in [0.15, 0.2) is 0 Å². The minimum Gasteiger partial charge on any atom is -0.375 e. The normalized spacial score (nSPS) is 56.8. The Morgan fingerprint density at radius 3 is 2.33 bits per heavy atom. The van der Waals surface area contributed by atoms with Crippen molar-refractivity contribution in [2.45, 2.75) is 52.6 Å². The van der Waals surface area contributed by atoms with Gasteiger partial charge in [-0.05, 0) is 56.8 Å². The van der Waals surface area contributed by atoms with Crippen molar-refractivity contribution in [2.24, 2.45) is 29.1 Å². The van der Waals surface area contributed by atoms with Gasteiger partial charge in [-0.2, -0.15) is 0 Å². The van der Waals surface area contributed by atoms with E-state index in [0.717, 1.165) is 30.3 Å². The Kier molecular flexibility index (Phi) is 1.89. The molecule has 86 valence electrons. The molecule has 1 saturated heterocycles. The Labute approximate surface area is 93.6 Å². The van der Waals surface area contributed by atoms with E-state index in [1.54, 1.807) is 0 Å². The number of ether oxygens (including phenoxy) is 1. The zero-order valence-electron chi connectivity index (χ0n) is 10.5. The van der Waals surface area contributed by atoms with E-state index in [-0.39, 0.29) is 5.60 Å². The number of fused-ring (bicyclic) bond motifs is 3. The van der Waals surface area contributed by atoms with Gasteiger partial charge < -0.3 is 4.74 Å². The topological polar surface area (TPSA) is 9.23 Å². The maximum absolute atomic E-state index is 6.01. The Bertz CT molecular complexity index is 281. The van der Waals surface area contributed by atoms with Crippen LogP contribution in [0.5, 0.6) is 0 Å². The average Bonchev–Trinajstić information content (AvgIpc) is 2.75. The molecule has 15 heavy (non-hydrogen) atoms. The summed E-state index contributed by atoms with van der Waals surface area (Å²) in [6.07, 6.45) is 4.24. The van der Waals surface area contributed by atoms with Crippen LogP contribution in [0.1, 0.15) is 47.0 Å². The summed E-state index contributed by atoms with van der Waals surface area (Å²) in [7, 11) is 0. The summed E-state index contributed by atoms with van der Waals surface area (Å²) in [6, 6.07) is 0. The standard InChI is InChI=1S/C14H24O/c1-9-10(2)12-7-11(9)8-14(12)5-6-15-13(14,3)4/h9-12H,5-8H2,1-4H3. The average molecular weight is 208 g/mol. The summed E-state index contributed by atoms with van der Waals surface area (Å²) in [4.78, 5) is 0. The molecular formula is C14H24O. The molecule has 2 aliphatic carbocycles. The van der Waals surface area contributed by atoms with Crippen molar-refractivity contribution in [2.75, 3.05) is 6.61 Å². The van der Waals surface area contributed by atoms with Crippen LogP contribution in [0.2, 0.25) is 0 Å². The predicted molar refractivity (Wildman–Crippen MR) is 61.6 cm³/mol. The molecule has 1 nitrogen and oxygen atoms in total. The van der Waals surface area contributed by atoms with Crippen LogP contribution in [-0.2, 0) is 4.74 Å². The van der Waals surface area contributed by atoms with Crippen LogP contribution in [0.25, 0.3) is 0 Å². The van der Waals surface area contributed by atoms with E-state index in [1.165, 1.54) is 19.3 Å². The molecule has 5 atom stereocenters. The second kappa shape index (κ2) is 2.80. The fourth-order valence-corrected chi connectivity index (χ4v) is 5.08. The smallest absolute Gasteiger partial charge is 0.0686 e. The molecule has 5 unspecified atom stereocenters. The molecule has 0 aromatic rings. The van der Waals surface area contributed by atoms with Crippen LogP contribution in [0.3, 0.4) is 0 Å². The molecule has 1 heteroatoms. The molecule has 3 fully saturated rings. The zero-order chi connectivity index (χ0) is 10.8. The van der Waals surface area contributed by atoms with Crippen LogP contribution in [0, 0.1) is 29.1 Å². The summed E-state index contributed by atoms with van der Waals surface area (Å²) >= 11 is 0. The molecule has 1 aliphatic heterocycles. The van der Waals surface area contributed by atoms with Gasteiger partial charge in [0.05, 0.1) is 5.60 Å². The second-order valence-corrected chi connectivity index (χ2v) is 6.79. The van der Waals surface area contributed by atoms with Crippen LogP contribution in [-0.4, -0.2) is 12.2 Å². The van der Waals surface area contributed by atoms with Crippen molar-refractivity contribution in [1.29, 1.82) is 0 Å². The lowest BCUT2D eigenvalue weighted by atomic mass is 9.58. The number of hydrogen-bond donors (Lipinski definition) is 0. The molecule has 0 aromatic heterocycles. The largest absolute Gasteiger partial charge is 0.375 e. The summed E-state index contributed by atoms with van der Waals surface area (Å²) < 4.78 is 6.01. The van der Waals surface area contributed by atoms with Crippen molar-refractivity contribution in [3.63, 3.8) is 0 Å². The predicted octanol–water partition coefficient (Wildman–Crippen LogP) is 3.48. The molecule has 0 N–H and O–H groups in total. The zero-order valence-corrected chi connectivity index (χ0v) is 10.5. The Hall–Kier alpha value is -0.0400. The summed E-state index contributed by atoms with van der Waals surface area (Å²) in [5.41, 5.74) is 0.671. The maximum atomic E-state index is 6.01. The van der Waals surface area contributed by atoms with Gasteiger partial charge in [-0.25, -0.2) is 0 Å². The van der Waals surface area contributed by atoms with Gasteiger partial charge in [-0.3, -0.25) is 0 Å². The number of rotatable bonds is 0. The monoisotopic (exact) mass is 208 g/mol. The third-order valence-electron chi connectivity index (χ3n) is 6.31. The van der Waals surface area contributed by atoms with E-state index in [9.17, 15) is 0 Å². The molecule has 1 spiro atoms. The van der Waals surface area contributed by atoms with E-state index in [4.69, 9.17) is 4.74 Å². The molecule has 2 bridgehead atoms. The third-order valence-corrected chi connectivity index (χ3v) is 6.31. The molecule has 0 aromatic carbocycles. The lowest BCUT2D eigenvalue weighted by molar-refractivity contribution is -0.0749. The van der Waals surface area contributed by atoms with Gasteiger partial charge in [-0.15, -0.1) is 0 Å². The summed E-state index contributed by atoms with van der Waals surface area (Å²) in [5, 5.41) is 0. The van der Waals surface area contributed by atoms with Crippen molar-refractivity contribution in [1.82, 2.24) is 0 Å². The maximum Gasteiger partial charge on any atom is 0.0686 e. The van der Waals surface area contributed by atoms with Gasteiger partial charge >= 0.3 is 0 Å². The molecule has 0 amide bonds. The second-order valence-electron chi connectivity index (χ2n) is 6.79. The lowest BCUT2D eigenvalue weighted by Gasteiger charge is -2.47. The highest BCUT2D eigenvalue weighted by Crippen LogP contribution is 2.68. The van der Waals surface area contributed by atoms with Crippen molar-refractivity contribution < 1.29 is 4.74 Å². The summed E-state index contributed by atoms with van der Waals surface area (Å²) in [6.45, 7) is 10.6. The number of hydrogen-bond acceptors (Lipinski definition) is 1. The quantitative estimate of drug-likeness (QED) is 0.592. The minimum atomic E-state index is 0.140. The molecular weight excluding hydrogens is 184 g/mol. The van der Waals surface area contributed by atoms with Crippen LogP contribution < -0.4 is 0 Å². The lowest BCUT2D eigenvalue weighted by Crippen LogP contribution is -2.47. The molecule has 3 rings (SSSR count). The van der Waals surface area contributed by atoms with Gasteiger partial charge in [0.25, 0.3) is 0 Å². The summed E-state index contributed by atoms with van der Waals surface area (Å²) in [5.74, 6) is 3.81. The van der Waals surface area contributed by atoms with Gasteiger partial charge in [0.1, 0.15) is 0 Å². The fourth-order valence-electron chi connectivity index (χ4n) is 5.08. The first-order valence-electron chi connectivity index (χ1n) is 6.62. The first kappa shape index (κ1) is 10.1. The SMILES string of the molecule is CC1C2CC(C1C)C1(CCOC1(C)C)C2. The van der Waals surface area contributed by atoms with Gasteiger partial charge in [0, 0.05) is 12.0 Å². The van der Waals surface area contributed by atoms with Crippen molar-refractivity contribution in [3.8, 4) is 0 Å². The molecule has 1 heterocycles. The van der Waals surface area contributed by atoms with Gasteiger partial charge in [0.2, 0.25) is 0 Å². The Morgan fingerprint density at radius 1 is 1.13 bits per heavy atom. The van der Waals surface area contributed by atoms with Gasteiger partial charge in [0.15, 0.2) is 0 Å². The molecule has 3 aliphatic rings. The molecule has 2 saturated carbocycles. The van der Waals surface area contributed by atoms with E-state index in [0.29, 0.717) is 5.41 Å².